The SMILES string of the molecule is O=C(CCc1ccc(F)cc1)NCCc1cccc(Cl)c1. The Labute approximate surface area is 128 Å². The second kappa shape index (κ2) is 7.79. The van der Waals surface area contributed by atoms with Gasteiger partial charge in [-0.2, -0.15) is 0 Å². The summed E-state index contributed by atoms with van der Waals surface area (Å²) in [6.45, 7) is 0.586. The Hall–Kier alpha value is -1.87. The van der Waals surface area contributed by atoms with Gasteiger partial charge >= 0.3 is 0 Å². The van der Waals surface area contributed by atoms with Crippen LogP contribution >= 0.6 is 11.6 Å². The van der Waals surface area contributed by atoms with Gasteiger partial charge in [0.25, 0.3) is 0 Å². The van der Waals surface area contributed by atoms with Crippen molar-refractivity contribution in [3.8, 4) is 0 Å². The van der Waals surface area contributed by atoms with E-state index in [9.17, 15) is 9.18 Å². The van der Waals surface area contributed by atoms with Crippen molar-refractivity contribution < 1.29 is 9.18 Å². The predicted molar refractivity (Wildman–Crippen MR) is 82.9 cm³/mol. The van der Waals surface area contributed by atoms with Crippen LogP contribution in [0, 0.1) is 5.82 Å². The number of aryl methyl sites for hydroxylation is 1. The first-order valence-electron chi connectivity index (χ1n) is 6.89. The smallest absolute Gasteiger partial charge is 0.220 e. The van der Waals surface area contributed by atoms with Crippen molar-refractivity contribution in [2.75, 3.05) is 6.54 Å². The lowest BCUT2D eigenvalue weighted by molar-refractivity contribution is -0.121. The average Bonchev–Trinajstić information content (AvgIpc) is 2.47. The molecule has 0 heterocycles. The summed E-state index contributed by atoms with van der Waals surface area (Å²) in [6.07, 6.45) is 1.77. The number of hydrogen-bond acceptors (Lipinski definition) is 1. The summed E-state index contributed by atoms with van der Waals surface area (Å²) in [6, 6.07) is 13.8. The minimum Gasteiger partial charge on any atom is -0.356 e. The predicted octanol–water partition coefficient (Wildman–Crippen LogP) is 3.77. The zero-order valence-electron chi connectivity index (χ0n) is 11.6. The van der Waals surface area contributed by atoms with E-state index in [2.05, 4.69) is 5.32 Å². The van der Waals surface area contributed by atoms with Gasteiger partial charge in [-0.1, -0.05) is 35.9 Å². The molecule has 0 saturated heterocycles. The zero-order chi connectivity index (χ0) is 15.1. The Balaban J connectivity index is 1.69. The van der Waals surface area contributed by atoms with Crippen molar-refractivity contribution in [1.82, 2.24) is 5.32 Å². The summed E-state index contributed by atoms with van der Waals surface area (Å²) < 4.78 is 12.8. The van der Waals surface area contributed by atoms with Crippen LogP contribution in [-0.2, 0) is 17.6 Å². The molecule has 21 heavy (non-hydrogen) atoms. The van der Waals surface area contributed by atoms with Gasteiger partial charge in [0.2, 0.25) is 5.91 Å². The highest BCUT2D eigenvalue weighted by molar-refractivity contribution is 6.30. The molecule has 0 aliphatic carbocycles. The molecule has 0 bridgehead atoms. The van der Waals surface area contributed by atoms with Gasteiger partial charge in [-0.15, -0.1) is 0 Å². The minimum atomic E-state index is -0.260. The van der Waals surface area contributed by atoms with Crippen molar-refractivity contribution in [3.05, 3.63) is 70.5 Å². The molecule has 2 aromatic carbocycles. The third-order valence-corrected chi connectivity index (χ3v) is 3.41. The Morgan fingerprint density at radius 3 is 2.52 bits per heavy atom. The molecule has 0 fully saturated rings. The summed E-state index contributed by atoms with van der Waals surface area (Å²) in [5.41, 5.74) is 2.06. The largest absolute Gasteiger partial charge is 0.356 e. The third kappa shape index (κ3) is 5.56. The fraction of sp³-hybridized carbons (Fsp3) is 0.235. The molecule has 4 heteroatoms. The highest BCUT2D eigenvalue weighted by Gasteiger charge is 2.02. The Morgan fingerprint density at radius 2 is 1.81 bits per heavy atom. The Bertz CT molecular complexity index is 598. The summed E-state index contributed by atoms with van der Waals surface area (Å²) in [7, 11) is 0. The third-order valence-electron chi connectivity index (χ3n) is 3.18. The number of carbonyl (C=O) groups excluding carboxylic acids is 1. The number of benzene rings is 2. The van der Waals surface area contributed by atoms with E-state index in [4.69, 9.17) is 11.6 Å². The Kier molecular flexibility index (Phi) is 5.76. The second-order valence-electron chi connectivity index (χ2n) is 4.86. The lowest BCUT2D eigenvalue weighted by Gasteiger charge is -2.06. The highest BCUT2D eigenvalue weighted by atomic mass is 35.5. The van der Waals surface area contributed by atoms with E-state index in [1.807, 2.05) is 24.3 Å². The molecule has 0 spiro atoms. The van der Waals surface area contributed by atoms with Gasteiger partial charge < -0.3 is 5.32 Å². The molecule has 0 unspecified atom stereocenters. The van der Waals surface area contributed by atoms with Crippen LogP contribution in [0.3, 0.4) is 0 Å². The van der Waals surface area contributed by atoms with E-state index in [1.54, 1.807) is 12.1 Å². The molecule has 0 saturated carbocycles. The molecule has 0 aromatic heterocycles. The lowest BCUT2D eigenvalue weighted by Crippen LogP contribution is -2.25. The standard InChI is InChI=1S/C17H17ClFNO/c18-15-3-1-2-14(12-15)10-11-20-17(21)9-6-13-4-7-16(19)8-5-13/h1-5,7-8,12H,6,9-11H2,(H,20,21). The molecule has 0 aliphatic heterocycles. The van der Waals surface area contributed by atoms with Gasteiger partial charge in [0.1, 0.15) is 5.82 Å². The topological polar surface area (TPSA) is 29.1 Å². The van der Waals surface area contributed by atoms with Gasteiger partial charge in [-0.3, -0.25) is 4.79 Å². The molecule has 0 radical (unpaired) electrons. The van der Waals surface area contributed by atoms with Crippen molar-refractivity contribution >= 4 is 17.5 Å². The van der Waals surface area contributed by atoms with Gasteiger partial charge in [0.15, 0.2) is 0 Å². The average molecular weight is 306 g/mol. The molecular formula is C17H17ClFNO. The maximum Gasteiger partial charge on any atom is 0.220 e. The van der Waals surface area contributed by atoms with Crippen molar-refractivity contribution in [2.24, 2.45) is 0 Å². The molecule has 1 N–H and O–H groups in total. The minimum absolute atomic E-state index is 0.00125. The number of amides is 1. The molecule has 2 nitrogen and oxygen atoms in total. The van der Waals surface area contributed by atoms with E-state index >= 15 is 0 Å². The molecule has 2 aromatic rings. The van der Waals surface area contributed by atoms with E-state index in [0.717, 1.165) is 17.5 Å². The number of nitrogens with one attached hydrogen (secondary N) is 1. The monoisotopic (exact) mass is 305 g/mol. The van der Waals surface area contributed by atoms with Gasteiger partial charge in [0.05, 0.1) is 0 Å². The van der Waals surface area contributed by atoms with Crippen LogP contribution in [0.4, 0.5) is 4.39 Å². The number of halogens is 2. The summed E-state index contributed by atoms with van der Waals surface area (Å²) in [4.78, 5) is 11.7. The van der Waals surface area contributed by atoms with E-state index in [0.29, 0.717) is 24.4 Å². The van der Waals surface area contributed by atoms with Crippen LogP contribution in [0.1, 0.15) is 17.5 Å². The number of carbonyl (C=O) groups is 1. The number of rotatable bonds is 6. The fourth-order valence-electron chi connectivity index (χ4n) is 2.04. The molecular weight excluding hydrogens is 289 g/mol. The summed E-state index contributed by atoms with van der Waals surface area (Å²) in [5.74, 6) is -0.258. The van der Waals surface area contributed by atoms with Crippen LogP contribution in [0.5, 0.6) is 0 Å². The van der Waals surface area contributed by atoms with Crippen LogP contribution in [0.25, 0.3) is 0 Å². The zero-order valence-corrected chi connectivity index (χ0v) is 12.4. The van der Waals surface area contributed by atoms with E-state index in [1.165, 1.54) is 12.1 Å². The van der Waals surface area contributed by atoms with Crippen molar-refractivity contribution in [2.45, 2.75) is 19.3 Å². The van der Waals surface area contributed by atoms with Crippen molar-refractivity contribution in [1.29, 1.82) is 0 Å². The molecule has 1 amide bonds. The second-order valence-corrected chi connectivity index (χ2v) is 5.29. The fourth-order valence-corrected chi connectivity index (χ4v) is 2.25. The van der Waals surface area contributed by atoms with Gasteiger partial charge in [-0.05, 0) is 48.2 Å². The first kappa shape index (κ1) is 15.5. The normalized spacial score (nSPS) is 10.4. The van der Waals surface area contributed by atoms with Crippen LogP contribution in [0.15, 0.2) is 48.5 Å². The first-order valence-corrected chi connectivity index (χ1v) is 7.27. The lowest BCUT2D eigenvalue weighted by atomic mass is 10.1. The highest BCUT2D eigenvalue weighted by Crippen LogP contribution is 2.10. The van der Waals surface area contributed by atoms with Crippen LogP contribution < -0.4 is 5.32 Å². The maximum absolute atomic E-state index is 12.8. The van der Waals surface area contributed by atoms with Gasteiger partial charge in [-0.25, -0.2) is 4.39 Å². The summed E-state index contributed by atoms with van der Waals surface area (Å²) >= 11 is 5.90. The van der Waals surface area contributed by atoms with Crippen LogP contribution in [0.2, 0.25) is 5.02 Å². The van der Waals surface area contributed by atoms with E-state index < -0.39 is 0 Å². The van der Waals surface area contributed by atoms with Crippen LogP contribution in [-0.4, -0.2) is 12.5 Å². The van der Waals surface area contributed by atoms with Crippen molar-refractivity contribution in [3.63, 3.8) is 0 Å². The molecule has 0 atom stereocenters. The molecule has 110 valence electrons. The van der Waals surface area contributed by atoms with Gasteiger partial charge in [0, 0.05) is 18.0 Å². The maximum atomic E-state index is 12.8. The Morgan fingerprint density at radius 1 is 1.05 bits per heavy atom. The molecule has 0 aliphatic rings. The molecule has 2 rings (SSSR count). The summed E-state index contributed by atoms with van der Waals surface area (Å²) in [5, 5.41) is 3.58. The first-order chi connectivity index (χ1) is 10.1. The van der Waals surface area contributed by atoms with E-state index in [-0.39, 0.29) is 11.7 Å². The number of hydrogen-bond donors (Lipinski definition) is 1. The quantitative estimate of drug-likeness (QED) is 0.865.